The third-order valence-corrected chi connectivity index (χ3v) is 1.59. The summed E-state index contributed by atoms with van der Waals surface area (Å²) in [6, 6.07) is 3.87. The zero-order chi connectivity index (χ0) is 7.84. The molecule has 11 heavy (non-hydrogen) atoms. The zero-order valence-corrected chi connectivity index (χ0v) is 6.15. The summed E-state index contributed by atoms with van der Waals surface area (Å²) < 4.78 is 1.72. The van der Waals surface area contributed by atoms with E-state index >= 15 is 0 Å². The highest BCUT2D eigenvalue weighted by Crippen LogP contribution is 2.07. The van der Waals surface area contributed by atoms with E-state index in [0.29, 0.717) is 5.95 Å². The molecule has 0 atom stereocenters. The van der Waals surface area contributed by atoms with Gasteiger partial charge in [0, 0.05) is 6.20 Å². The van der Waals surface area contributed by atoms with Crippen molar-refractivity contribution < 1.29 is 0 Å². The lowest BCUT2D eigenvalue weighted by atomic mass is 10.4. The Balaban J connectivity index is 2.91. The molecule has 0 aliphatic carbocycles. The predicted octanol–water partition coefficient (Wildman–Crippen LogP) is 0.620. The minimum absolute atomic E-state index is 0.311. The molecule has 2 N–H and O–H groups in total. The first-order chi connectivity index (χ1) is 5.27. The van der Waals surface area contributed by atoms with Crippen LogP contribution in [0.15, 0.2) is 18.3 Å². The van der Waals surface area contributed by atoms with Crippen molar-refractivity contribution in [2.45, 2.75) is 6.92 Å². The van der Waals surface area contributed by atoms with Gasteiger partial charge in [0.15, 0.2) is 0 Å². The van der Waals surface area contributed by atoms with E-state index < -0.39 is 0 Å². The van der Waals surface area contributed by atoms with Crippen molar-refractivity contribution >= 4 is 11.5 Å². The van der Waals surface area contributed by atoms with Gasteiger partial charge in [0.2, 0.25) is 5.95 Å². The number of aromatic nitrogens is 3. The van der Waals surface area contributed by atoms with Gasteiger partial charge in [-0.3, -0.25) is 0 Å². The highest BCUT2D eigenvalue weighted by Gasteiger charge is 1.98. The molecule has 0 radical (unpaired) electrons. The van der Waals surface area contributed by atoms with E-state index in [2.05, 4.69) is 10.1 Å². The van der Waals surface area contributed by atoms with Gasteiger partial charge in [-0.05, 0) is 19.1 Å². The van der Waals surface area contributed by atoms with Gasteiger partial charge in [-0.1, -0.05) is 0 Å². The van der Waals surface area contributed by atoms with Gasteiger partial charge in [-0.2, -0.15) is 0 Å². The van der Waals surface area contributed by atoms with Crippen LogP contribution in [0, 0.1) is 6.92 Å². The molecule has 2 rings (SSSR count). The Morgan fingerprint density at radius 2 is 2.36 bits per heavy atom. The SMILES string of the molecule is Cc1nc(N)nn2cccc12. The van der Waals surface area contributed by atoms with Gasteiger partial charge in [0.05, 0.1) is 11.2 Å². The smallest absolute Gasteiger partial charge is 0.238 e. The number of hydrogen-bond donors (Lipinski definition) is 1. The maximum Gasteiger partial charge on any atom is 0.238 e. The summed E-state index contributed by atoms with van der Waals surface area (Å²) >= 11 is 0. The highest BCUT2D eigenvalue weighted by molar-refractivity contribution is 5.51. The molecule has 4 heteroatoms. The summed E-state index contributed by atoms with van der Waals surface area (Å²) in [5.41, 5.74) is 7.35. The predicted molar refractivity (Wildman–Crippen MR) is 42.1 cm³/mol. The molecule has 0 unspecified atom stereocenters. The van der Waals surface area contributed by atoms with E-state index in [1.54, 1.807) is 4.52 Å². The standard InChI is InChI=1S/C7H8N4/c1-5-6-3-2-4-11(6)10-7(8)9-5/h2-4H,1H3,(H2,8,10). The number of anilines is 1. The molecule has 0 aliphatic rings. The number of rotatable bonds is 0. The molecule has 0 saturated heterocycles. The third kappa shape index (κ3) is 0.832. The van der Waals surface area contributed by atoms with Crippen molar-refractivity contribution in [1.82, 2.24) is 14.6 Å². The molecule has 4 nitrogen and oxygen atoms in total. The Bertz CT molecular complexity index is 390. The van der Waals surface area contributed by atoms with E-state index in [-0.39, 0.29) is 0 Å². The average Bonchev–Trinajstić information content (AvgIpc) is 2.34. The maximum atomic E-state index is 5.44. The summed E-state index contributed by atoms with van der Waals surface area (Å²) in [5.74, 6) is 0.311. The fourth-order valence-corrected chi connectivity index (χ4v) is 1.11. The van der Waals surface area contributed by atoms with E-state index in [1.165, 1.54) is 0 Å². The second-order valence-corrected chi connectivity index (χ2v) is 2.39. The van der Waals surface area contributed by atoms with Crippen LogP contribution >= 0.6 is 0 Å². The first-order valence-electron chi connectivity index (χ1n) is 3.35. The molecular formula is C7H8N4. The van der Waals surface area contributed by atoms with Crippen molar-refractivity contribution in [2.24, 2.45) is 0 Å². The highest BCUT2D eigenvalue weighted by atomic mass is 15.3. The van der Waals surface area contributed by atoms with Gasteiger partial charge < -0.3 is 5.73 Å². The Hall–Kier alpha value is -1.58. The van der Waals surface area contributed by atoms with Crippen LogP contribution in [0.2, 0.25) is 0 Å². The van der Waals surface area contributed by atoms with Crippen molar-refractivity contribution in [3.05, 3.63) is 24.0 Å². The molecule has 0 spiro atoms. The normalized spacial score (nSPS) is 10.6. The molecule has 0 bridgehead atoms. The average molecular weight is 148 g/mol. The quantitative estimate of drug-likeness (QED) is 0.595. The minimum atomic E-state index is 0.311. The topological polar surface area (TPSA) is 56.2 Å². The van der Waals surface area contributed by atoms with Crippen molar-refractivity contribution in [3.63, 3.8) is 0 Å². The second-order valence-electron chi connectivity index (χ2n) is 2.39. The molecule has 0 amide bonds. The van der Waals surface area contributed by atoms with Crippen LogP contribution in [0.5, 0.6) is 0 Å². The van der Waals surface area contributed by atoms with Gasteiger partial charge in [0.25, 0.3) is 0 Å². The molecule has 56 valence electrons. The number of aryl methyl sites for hydroxylation is 1. The van der Waals surface area contributed by atoms with Crippen molar-refractivity contribution in [2.75, 3.05) is 5.73 Å². The molecule has 0 saturated carbocycles. The number of nitrogen functional groups attached to an aromatic ring is 1. The first-order valence-corrected chi connectivity index (χ1v) is 3.35. The van der Waals surface area contributed by atoms with Gasteiger partial charge in [0.1, 0.15) is 0 Å². The fraction of sp³-hybridized carbons (Fsp3) is 0.143. The van der Waals surface area contributed by atoms with Crippen LogP contribution in [0.4, 0.5) is 5.95 Å². The summed E-state index contributed by atoms with van der Waals surface area (Å²) in [7, 11) is 0. The third-order valence-electron chi connectivity index (χ3n) is 1.59. The monoisotopic (exact) mass is 148 g/mol. The number of hydrogen-bond acceptors (Lipinski definition) is 3. The van der Waals surface area contributed by atoms with Crippen LogP contribution in [0.1, 0.15) is 5.69 Å². The Labute approximate surface area is 63.7 Å². The van der Waals surface area contributed by atoms with Gasteiger partial charge in [-0.25, -0.2) is 9.50 Å². The van der Waals surface area contributed by atoms with Crippen molar-refractivity contribution in [3.8, 4) is 0 Å². The van der Waals surface area contributed by atoms with E-state index in [0.717, 1.165) is 11.2 Å². The molecule has 0 aliphatic heterocycles. The summed E-state index contributed by atoms with van der Waals surface area (Å²) in [5, 5.41) is 3.98. The van der Waals surface area contributed by atoms with Crippen LogP contribution in [-0.2, 0) is 0 Å². The first kappa shape index (κ1) is 6.15. The van der Waals surface area contributed by atoms with Crippen LogP contribution < -0.4 is 5.73 Å². The Morgan fingerprint density at radius 3 is 3.18 bits per heavy atom. The fourth-order valence-electron chi connectivity index (χ4n) is 1.11. The molecule has 2 heterocycles. The molecular weight excluding hydrogens is 140 g/mol. The van der Waals surface area contributed by atoms with Gasteiger partial charge in [-0.15, -0.1) is 5.10 Å². The molecule has 0 aromatic carbocycles. The van der Waals surface area contributed by atoms with Crippen LogP contribution in [-0.4, -0.2) is 14.6 Å². The van der Waals surface area contributed by atoms with E-state index in [4.69, 9.17) is 5.73 Å². The maximum absolute atomic E-state index is 5.44. The van der Waals surface area contributed by atoms with Gasteiger partial charge >= 0.3 is 0 Å². The minimum Gasteiger partial charge on any atom is -0.367 e. The molecule has 2 aromatic rings. The lowest BCUT2D eigenvalue weighted by Crippen LogP contribution is -2.02. The van der Waals surface area contributed by atoms with E-state index in [9.17, 15) is 0 Å². The van der Waals surface area contributed by atoms with E-state index in [1.807, 2.05) is 25.3 Å². The largest absolute Gasteiger partial charge is 0.367 e. The number of nitrogens with two attached hydrogens (primary N) is 1. The second kappa shape index (κ2) is 1.95. The van der Waals surface area contributed by atoms with Crippen LogP contribution in [0.3, 0.4) is 0 Å². The Kier molecular flexibility index (Phi) is 1.09. The molecule has 2 aromatic heterocycles. The Morgan fingerprint density at radius 1 is 1.55 bits per heavy atom. The summed E-state index contributed by atoms with van der Waals surface area (Å²) in [6.45, 7) is 1.91. The zero-order valence-electron chi connectivity index (χ0n) is 6.15. The van der Waals surface area contributed by atoms with Crippen LogP contribution in [0.25, 0.3) is 5.52 Å². The number of fused-ring (bicyclic) bond motifs is 1. The summed E-state index contributed by atoms with van der Waals surface area (Å²) in [6.07, 6.45) is 1.85. The lowest BCUT2D eigenvalue weighted by Gasteiger charge is -1.97. The molecule has 0 fully saturated rings. The van der Waals surface area contributed by atoms with Crippen molar-refractivity contribution in [1.29, 1.82) is 0 Å². The lowest BCUT2D eigenvalue weighted by molar-refractivity contribution is 0.902. The number of nitrogens with zero attached hydrogens (tertiary/aromatic N) is 3. The summed E-state index contributed by atoms with van der Waals surface area (Å²) in [4.78, 5) is 4.02.